The summed E-state index contributed by atoms with van der Waals surface area (Å²) < 4.78 is 7.46. The SMILES string of the molecule is Cc1ccc(-n2c3c(C)c(C)c(C)c(C)c3c3c(C)c(C)c(C)c(C)c32)c(C)c1.Cc1ccc(C#N)cc1-n1c2c(C)c(C)c(C)c(C)c2c2c(C)c(C)c(C)c(C)c21.[C-]#[N+]c1ccc(-n2c3c(C)c(C)c(C)c(C)c3c3c(C)c(C)c(C)c(C)c32)c(C)c1. The van der Waals surface area contributed by atoms with Gasteiger partial charge in [0.2, 0.25) is 0 Å². The molecule has 0 N–H and O–H groups in total. The predicted octanol–water partition coefficient (Wildman–Crippen LogP) is 23.4. The summed E-state index contributed by atoms with van der Waals surface area (Å²) in [4.78, 5) is 3.63. The minimum atomic E-state index is 0.692. The van der Waals surface area contributed by atoms with E-state index < -0.39 is 0 Å². The van der Waals surface area contributed by atoms with Crippen molar-refractivity contribution in [1.82, 2.24) is 13.7 Å². The standard InChI is InChI=1S/2C28H30N2.C28H33N/c1-14-13-23(29-10)11-12-24(14)30-27-21(8)17(4)15(2)19(6)25(27)26-20(7)16(3)18(5)22(9)28(26)30;1-14-10-11-23(13-29)12-24(14)30-27-21(8)17(4)15(2)19(6)25(27)26-20(7)16(3)18(5)22(9)28(26)30;1-14-11-12-24(15(2)13-14)29-27-22(9)18(5)16(3)20(7)25(27)26-21(8)17(4)19(6)23(10)28(26)29/h11-13H,1-9H3;10-12H,1-9H3;11-13H,1-10H3. The number of aryl methyl sites for hydroxylation is 16. The number of rotatable bonds is 3. The number of nitriles is 1. The van der Waals surface area contributed by atoms with Crippen LogP contribution in [-0.2, 0) is 0 Å². The Labute approximate surface area is 531 Å². The minimum absolute atomic E-state index is 0.692. The molecule has 5 heteroatoms. The summed E-state index contributed by atoms with van der Waals surface area (Å²) in [5, 5.41) is 17.9. The Bertz CT molecular complexity index is 4970. The van der Waals surface area contributed by atoms with Crippen molar-refractivity contribution < 1.29 is 0 Å². The van der Waals surface area contributed by atoms with E-state index in [0.717, 1.165) is 11.3 Å². The van der Waals surface area contributed by atoms with Gasteiger partial charge < -0.3 is 13.7 Å². The summed E-state index contributed by atoms with van der Waals surface area (Å²) in [6, 6.07) is 21.3. The van der Waals surface area contributed by atoms with Gasteiger partial charge in [-0.25, -0.2) is 4.85 Å². The van der Waals surface area contributed by atoms with Crippen molar-refractivity contribution >= 4 is 71.1 Å². The van der Waals surface area contributed by atoms with Crippen LogP contribution in [0.25, 0.3) is 87.3 Å². The lowest BCUT2D eigenvalue weighted by Crippen LogP contribution is -2.03. The van der Waals surface area contributed by atoms with E-state index in [2.05, 4.69) is 249 Å². The van der Waals surface area contributed by atoms with Crippen molar-refractivity contribution in [2.45, 2.75) is 194 Å². The van der Waals surface area contributed by atoms with Gasteiger partial charge in [0.05, 0.1) is 57.0 Å². The lowest BCUT2D eigenvalue weighted by molar-refractivity contribution is 1.11. The summed E-state index contributed by atoms with van der Waals surface area (Å²) in [7, 11) is 0. The molecule has 9 aromatic carbocycles. The molecular weight excluding hydrogens is 1080 g/mol. The molecule has 5 nitrogen and oxygen atoms in total. The van der Waals surface area contributed by atoms with Crippen LogP contribution in [0, 0.1) is 212 Å². The van der Waals surface area contributed by atoms with E-state index >= 15 is 0 Å². The number of nitrogens with zero attached hydrogens (tertiary/aromatic N) is 5. The van der Waals surface area contributed by atoms with Crippen molar-refractivity contribution in [2.75, 3.05) is 0 Å². The fourth-order valence-corrected chi connectivity index (χ4v) is 15.3. The average Bonchev–Trinajstić information content (AvgIpc) is 1.59. The van der Waals surface area contributed by atoms with Crippen LogP contribution in [0.2, 0.25) is 0 Å². The van der Waals surface area contributed by atoms with Crippen LogP contribution in [0.15, 0.2) is 54.6 Å². The zero-order chi connectivity index (χ0) is 65.5. The Morgan fingerprint density at radius 1 is 0.270 bits per heavy atom. The van der Waals surface area contributed by atoms with Gasteiger partial charge in [0.25, 0.3) is 0 Å². The third kappa shape index (κ3) is 9.27. The summed E-state index contributed by atoms with van der Waals surface area (Å²) in [5.41, 5.74) is 50.8. The number of benzene rings is 9. The van der Waals surface area contributed by atoms with E-state index in [-0.39, 0.29) is 0 Å². The molecule has 0 saturated carbocycles. The molecule has 0 aliphatic heterocycles. The Hall–Kier alpha value is -8.64. The second kappa shape index (κ2) is 22.7. The van der Waals surface area contributed by atoms with Crippen LogP contribution >= 0.6 is 0 Å². The van der Waals surface area contributed by atoms with Gasteiger partial charge in [-0.05, 0) is 368 Å². The van der Waals surface area contributed by atoms with Gasteiger partial charge in [0, 0.05) is 43.7 Å². The topological polar surface area (TPSA) is 42.9 Å². The maximum absolute atomic E-state index is 9.58. The Morgan fingerprint density at radius 3 is 0.787 bits per heavy atom. The third-order valence-corrected chi connectivity index (χ3v) is 22.7. The number of hydrogen-bond acceptors (Lipinski definition) is 1. The van der Waals surface area contributed by atoms with Crippen LogP contribution in [0.5, 0.6) is 0 Å². The fraction of sp³-hybridized carbons (Fsp3) is 0.333. The highest BCUT2D eigenvalue weighted by Crippen LogP contribution is 2.48. The molecule has 0 spiro atoms. The maximum Gasteiger partial charge on any atom is 0.187 e. The van der Waals surface area contributed by atoms with Crippen molar-refractivity contribution in [3.8, 4) is 23.1 Å². The largest absolute Gasteiger partial charge is 0.309 e. The van der Waals surface area contributed by atoms with E-state index in [1.807, 2.05) is 24.3 Å². The van der Waals surface area contributed by atoms with Gasteiger partial charge in [-0.15, -0.1) is 0 Å². The van der Waals surface area contributed by atoms with Crippen LogP contribution < -0.4 is 0 Å². The van der Waals surface area contributed by atoms with Gasteiger partial charge in [-0.3, -0.25) is 0 Å². The number of fused-ring (bicyclic) bond motifs is 9. The molecule has 0 amide bonds. The second-order valence-electron chi connectivity index (χ2n) is 26.8. The molecule has 0 fully saturated rings. The van der Waals surface area contributed by atoms with E-state index in [0.29, 0.717) is 11.3 Å². The summed E-state index contributed by atoms with van der Waals surface area (Å²) in [6.45, 7) is 70.4. The minimum Gasteiger partial charge on any atom is -0.309 e. The van der Waals surface area contributed by atoms with Crippen molar-refractivity contribution in [2.24, 2.45) is 0 Å². The van der Waals surface area contributed by atoms with Crippen molar-refractivity contribution in [3.05, 3.63) is 227 Å². The molecule has 3 aromatic heterocycles. The van der Waals surface area contributed by atoms with Crippen molar-refractivity contribution in [1.29, 1.82) is 5.26 Å². The average molecular weight is 1170 g/mol. The predicted molar refractivity (Wildman–Crippen MR) is 386 cm³/mol. The molecule has 3 heterocycles. The maximum atomic E-state index is 9.58. The summed E-state index contributed by atoms with van der Waals surface area (Å²) in [6.07, 6.45) is 0. The van der Waals surface area contributed by atoms with Crippen molar-refractivity contribution in [3.63, 3.8) is 0 Å². The molecular formula is C84H93N5. The van der Waals surface area contributed by atoms with Gasteiger partial charge >= 0.3 is 0 Å². The molecule has 0 aliphatic rings. The second-order valence-corrected chi connectivity index (χ2v) is 26.8. The molecule has 0 aliphatic carbocycles. The third-order valence-electron chi connectivity index (χ3n) is 22.7. The normalized spacial score (nSPS) is 11.6. The lowest BCUT2D eigenvalue weighted by atomic mass is 9.90. The molecule has 12 rings (SSSR count). The van der Waals surface area contributed by atoms with Crippen LogP contribution in [0.4, 0.5) is 5.69 Å². The highest BCUT2D eigenvalue weighted by Gasteiger charge is 2.28. The highest BCUT2D eigenvalue weighted by molar-refractivity contribution is 6.18. The fourth-order valence-electron chi connectivity index (χ4n) is 15.3. The van der Waals surface area contributed by atoms with Gasteiger partial charge in [-0.2, -0.15) is 5.26 Å². The van der Waals surface area contributed by atoms with E-state index in [1.165, 1.54) is 227 Å². The zero-order valence-corrected chi connectivity index (χ0v) is 58.9. The smallest absolute Gasteiger partial charge is 0.187 e. The molecule has 0 radical (unpaired) electrons. The summed E-state index contributed by atoms with van der Waals surface area (Å²) >= 11 is 0. The Morgan fingerprint density at radius 2 is 0.528 bits per heavy atom. The van der Waals surface area contributed by atoms with E-state index in [4.69, 9.17) is 6.57 Å². The van der Waals surface area contributed by atoms with Crippen LogP contribution in [0.3, 0.4) is 0 Å². The highest BCUT2D eigenvalue weighted by atomic mass is 15.0. The molecule has 89 heavy (non-hydrogen) atoms. The lowest BCUT2D eigenvalue weighted by Gasteiger charge is -2.17. The molecule has 0 unspecified atom stereocenters. The molecule has 0 saturated heterocycles. The van der Waals surface area contributed by atoms with E-state index in [1.54, 1.807) is 0 Å². The molecule has 0 atom stereocenters. The molecule has 454 valence electrons. The van der Waals surface area contributed by atoms with E-state index in [9.17, 15) is 5.26 Å². The monoisotopic (exact) mass is 1170 g/mol. The number of hydrogen-bond donors (Lipinski definition) is 0. The van der Waals surface area contributed by atoms with Crippen LogP contribution in [-0.4, -0.2) is 13.7 Å². The van der Waals surface area contributed by atoms with Gasteiger partial charge in [0.1, 0.15) is 0 Å². The first-order valence-electron chi connectivity index (χ1n) is 31.9. The quantitative estimate of drug-likeness (QED) is 0.163. The first-order chi connectivity index (χ1) is 41.8. The first kappa shape index (κ1) is 63.4. The van der Waals surface area contributed by atoms with Crippen LogP contribution in [0.1, 0.15) is 161 Å². The first-order valence-corrected chi connectivity index (χ1v) is 31.9. The Kier molecular flexibility index (Phi) is 16.2. The Balaban J connectivity index is 0.000000147. The summed E-state index contributed by atoms with van der Waals surface area (Å²) in [5.74, 6) is 0. The van der Waals surface area contributed by atoms with Gasteiger partial charge in [0.15, 0.2) is 5.69 Å². The molecule has 0 bridgehead atoms. The molecule has 12 aromatic rings. The zero-order valence-electron chi connectivity index (χ0n) is 58.9. The number of aromatic nitrogens is 3. The van der Waals surface area contributed by atoms with Gasteiger partial charge in [-0.1, -0.05) is 35.9 Å².